The minimum absolute atomic E-state index is 0.00308. The number of aliphatic carboxylic acids is 1. The molecule has 1 unspecified atom stereocenters. The number of hydrazine groups is 1. The van der Waals surface area contributed by atoms with Gasteiger partial charge in [-0.25, -0.2) is 19.1 Å². The molecule has 0 aliphatic carbocycles. The van der Waals surface area contributed by atoms with Gasteiger partial charge in [0.25, 0.3) is 0 Å². The summed E-state index contributed by atoms with van der Waals surface area (Å²) >= 11 is 0. The van der Waals surface area contributed by atoms with Crippen molar-refractivity contribution in [1.29, 1.82) is 0 Å². The number of benzene rings is 2. The van der Waals surface area contributed by atoms with Gasteiger partial charge in [0.2, 0.25) is 9.84 Å². The number of aromatic carboxylic acids is 1. The number of aryl methyl sites for hydroxylation is 1. The van der Waals surface area contributed by atoms with Crippen LogP contribution < -0.4 is 10.9 Å². The Morgan fingerprint density at radius 2 is 1.74 bits per heavy atom. The van der Waals surface area contributed by atoms with E-state index in [0.29, 0.717) is 0 Å². The number of carbonyl (C=O) groups is 2. The normalized spacial score (nSPS) is 16.7. The fourth-order valence-electron chi connectivity index (χ4n) is 3.18. The van der Waals surface area contributed by atoms with E-state index in [0.717, 1.165) is 16.6 Å². The maximum Gasteiger partial charge on any atom is 0.337 e. The number of carboxylic acid groups (broad SMARTS) is 2. The number of fused-ring (bicyclic) bond motifs is 1. The highest BCUT2D eigenvalue weighted by Gasteiger charge is 2.34. The van der Waals surface area contributed by atoms with Gasteiger partial charge in [-0.1, -0.05) is 17.7 Å². The number of sulfone groups is 1. The molecule has 27 heavy (non-hydrogen) atoms. The molecule has 0 saturated carbocycles. The number of nitrogens with two attached hydrogens (primary N) is 1. The Morgan fingerprint density at radius 3 is 2.30 bits per heavy atom. The van der Waals surface area contributed by atoms with Crippen LogP contribution in [0.1, 0.15) is 33.8 Å². The molecule has 0 fully saturated rings. The highest BCUT2D eigenvalue weighted by atomic mass is 32.2. The SMILES string of the molecule is Cc1ccc(S(=O)(=O)c2cc(C(=O)O)c3c(c2)C(C(=O)O)CCN3N)cc1. The topological polar surface area (TPSA) is 138 Å². The molecule has 4 N–H and O–H groups in total. The van der Waals surface area contributed by atoms with E-state index >= 15 is 0 Å². The highest BCUT2D eigenvalue weighted by molar-refractivity contribution is 7.91. The first-order valence-corrected chi connectivity index (χ1v) is 9.59. The summed E-state index contributed by atoms with van der Waals surface area (Å²) in [6.07, 6.45) is 0.145. The first-order chi connectivity index (χ1) is 12.6. The van der Waals surface area contributed by atoms with E-state index in [1.807, 2.05) is 6.92 Å². The third-order valence-corrected chi connectivity index (χ3v) is 6.35. The number of hydrogen-bond acceptors (Lipinski definition) is 6. The molecular formula is C18H18N2O6S. The molecule has 142 valence electrons. The van der Waals surface area contributed by atoms with Crippen LogP contribution in [-0.4, -0.2) is 37.1 Å². The Morgan fingerprint density at radius 1 is 1.11 bits per heavy atom. The Kier molecular flexibility index (Phi) is 4.66. The Bertz CT molecular complexity index is 1030. The molecule has 2 aromatic carbocycles. The molecule has 0 radical (unpaired) electrons. The van der Waals surface area contributed by atoms with Gasteiger partial charge in [0.1, 0.15) is 0 Å². The largest absolute Gasteiger partial charge is 0.481 e. The summed E-state index contributed by atoms with van der Waals surface area (Å²) in [5.41, 5.74) is 0.646. The standard InChI is InChI=1S/C18H18N2O6S/c1-10-2-4-11(5-3-10)27(25,26)12-8-14-13(17(21)22)6-7-20(19)16(14)15(9-12)18(23)24/h2-5,8-9,13H,6-7,19H2,1H3,(H,21,22)(H,23,24). The second-order valence-corrected chi connectivity index (χ2v) is 8.35. The maximum atomic E-state index is 13.0. The van der Waals surface area contributed by atoms with E-state index in [4.69, 9.17) is 5.84 Å². The van der Waals surface area contributed by atoms with Crippen molar-refractivity contribution in [2.75, 3.05) is 11.6 Å². The third kappa shape index (κ3) is 3.26. The van der Waals surface area contributed by atoms with Gasteiger partial charge >= 0.3 is 11.9 Å². The summed E-state index contributed by atoms with van der Waals surface area (Å²) < 4.78 is 26.0. The summed E-state index contributed by atoms with van der Waals surface area (Å²) in [5, 5.41) is 20.2. The lowest BCUT2D eigenvalue weighted by atomic mass is 9.88. The van der Waals surface area contributed by atoms with Crippen molar-refractivity contribution in [1.82, 2.24) is 0 Å². The predicted molar refractivity (Wildman–Crippen MR) is 96.6 cm³/mol. The fourth-order valence-corrected chi connectivity index (χ4v) is 4.50. The summed E-state index contributed by atoms with van der Waals surface area (Å²) in [4.78, 5) is 23.1. The molecule has 1 aliphatic rings. The van der Waals surface area contributed by atoms with Gasteiger partial charge in [-0.05, 0) is 43.2 Å². The van der Waals surface area contributed by atoms with Gasteiger partial charge in [-0.2, -0.15) is 0 Å². The minimum atomic E-state index is -4.03. The lowest BCUT2D eigenvalue weighted by Crippen LogP contribution is -2.40. The van der Waals surface area contributed by atoms with Gasteiger partial charge in [0.05, 0.1) is 27.0 Å². The number of anilines is 1. The van der Waals surface area contributed by atoms with Gasteiger partial charge in [0, 0.05) is 6.54 Å². The molecule has 1 heterocycles. The van der Waals surface area contributed by atoms with Crippen molar-refractivity contribution in [3.8, 4) is 0 Å². The van der Waals surface area contributed by atoms with Crippen LogP contribution in [0, 0.1) is 6.92 Å². The average Bonchev–Trinajstić information content (AvgIpc) is 2.61. The number of rotatable bonds is 4. The fraction of sp³-hybridized carbons (Fsp3) is 0.222. The summed E-state index contributed by atoms with van der Waals surface area (Å²) in [6, 6.07) is 8.36. The zero-order chi connectivity index (χ0) is 19.9. The minimum Gasteiger partial charge on any atom is -0.481 e. The molecule has 9 heteroatoms. The second kappa shape index (κ2) is 6.67. The Labute approximate surface area is 155 Å². The van der Waals surface area contributed by atoms with E-state index in [1.165, 1.54) is 18.2 Å². The van der Waals surface area contributed by atoms with Crippen molar-refractivity contribution in [3.63, 3.8) is 0 Å². The number of hydrogen-bond donors (Lipinski definition) is 3. The molecule has 0 saturated heterocycles. The van der Waals surface area contributed by atoms with Gasteiger partial charge in [-0.3, -0.25) is 4.79 Å². The van der Waals surface area contributed by atoms with Crippen molar-refractivity contribution in [3.05, 3.63) is 53.1 Å². The molecule has 8 nitrogen and oxygen atoms in total. The highest BCUT2D eigenvalue weighted by Crippen LogP contribution is 2.39. The van der Waals surface area contributed by atoms with E-state index in [9.17, 15) is 28.2 Å². The van der Waals surface area contributed by atoms with Crippen molar-refractivity contribution in [2.45, 2.75) is 29.1 Å². The van der Waals surface area contributed by atoms with Crippen LogP contribution in [0.4, 0.5) is 5.69 Å². The van der Waals surface area contributed by atoms with Crippen molar-refractivity contribution in [2.24, 2.45) is 5.84 Å². The van der Waals surface area contributed by atoms with E-state index in [1.54, 1.807) is 12.1 Å². The summed E-state index contributed by atoms with van der Waals surface area (Å²) in [7, 11) is -4.03. The van der Waals surface area contributed by atoms with Crippen LogP contribution in [0.5, 0.6) is 0 Å². The summed E-state index contributed by atoms with van der Waals surface area (Å²) in [6.45, 7) is 1.96. The van der Waals surface area contributed by atoms with Crippen LogP contribution in [-0.2, 0) is 14.6 Å². The quantitative estimate of drug-likeness (QED) is 0.672. The molecule has 0 aromatic heterocycles. The van der Waals surface area contributed by atoms with E-state index in [-0.39, 0.29) is 39.6 Å². The van der Waals surface area contributed by atoms with Gasteiger partial charge in [-0.15, -0.1) is 0 Å². The third-order valence-electron chi connectivity index (χ3n) is 4.60. The summed E-state index contributed by atoms with van der Waals surface area (Å²) in [5.74, 6) is 2.28. The zero-order valence-corrected chi connectivity index (χ0v) is 15.2. The molecular weight excluding hydrogens is 372 g/mol. The average molecular weight is 390 g/mol. The van der Waals surface area contributed by atoms with Crippen molar-refractivity contribution >= 4 is 27.5 Å². The molecule has 2 aromatic rings. The first-order valence-electron chi connectivity index (χ1n) is 8.11. The lowest BCUT2D eigenvalue weighted by molar-refractivity contribution is -0.139. The number of nitrogens with zero attached hydrogens (tertiary/aromatic N) is 1. The monoisotopic (exact) mass is 390 g/mol. The van der Waals surface area contributed by atoms with Crippen LogP contribution >= 0.6 is 0 Å². The molecule has 3 rings (SSSR count). The Balaban J connectivity index is 2.28. The van der Waals surface area contributed by atoms with Crippen LogP contribution in [0.25, 0.3) is 0 Å². The Hall–Kier alpha value is -2.91. The molecule has 1 aliphatic heterocycles. The van der Waals surface area contributed by atoms with Crippen molar-refractivity contribution < 1.29 is 28.2 Å². The molecule has 1 atom stereocenters. The molecule has 0 amide bonds. The maximum absolute atomic E-state index is 13.0. The second-order valence-electron chi connectivity index (χ2n) is 6.40. The lowest BCUT2D eigenvalue weighted by Gasteiger charge is -2.32. The van der Waals surface area contributed by atoms with E-state index < -0.39 is 27.7 Å². The smallest absolute Gasteiger partial charge is 0.337 e. The molecule has 0 bridgehead atoms. The van der Waals surface area contributed by atoms with Crippen LogP contribution in [0.3, 0.4) is 0 Å². The number of carboxylic acids is 2. The van der Waals surface area contributed by atoms with Crippen LogP contribution in [0.15, 0.2) is 46.2 Å². The van der Waals surface area contributed by atoms with Crippen LogP contribution in [0.2, 0.25) is 0 Å². The van der Waals surface area contributed by atoms with E-state index in [2.05, 4.69) is 0 Å². The zero-order valence-electron chi connectivity index (χ0n) is 14.4. The van der Waals surface area contributed by atoms with Gasteiger partial charge in [0.15, 0.2) is 0 Å². The predicted octanol–water partition coefficient (Wildman–Crippen LogP) is 1.78. The first kappa shape index (κ1) is 18.9. The van der Waals surface area contributed by atoms with Gasteiger partial charge < -0.3 is 15.2 Å². The molecule has 0 spiro atoms.